The van der Waals surface area contributed by atoms with Crippen molar-refractivity contribution in [1.82, 2.24) is 9.97 Å². The van der Waals surface area contributed by atoms with Crippen molar-refractivity contribution >= 4 is 0 Å². The molecule has 2 heteroatoms. The lowest BCUT2D eigenvalue weighted by Crippen LogP contribution is -1.84. The zero-order valence-corrected chi connectivity index (χ0v) is 4.83. The van der Waals surface area contributed by atoms with Crippen molar-refractivity contribution in [3.05, 3.63) is 24.3 Å². The van der Waals surface area contributed by atoms with Crippen LogP contribution < -0.4 is 0 Å². The van der Waals surface area contributed by atoms with Gasteiger partial charge < -0.3 is 0 Å². The van der Waals surface area contributed by atoms with Crippen molar-refractivity contribution in [1.29, 1.82) is 0 Å². The Kier molecular flexibility index (Phi) is 1.57. The molecule has 1 heterocycles. The fourth-order valence-corrected chi connectivity index (χ4v) is 0.513. The van der Waals surface area contributed by atoms with Gasteiger partial charge in [0.1, 0.15) is 0 Å². The molecular weight excluding hydrogens is 100 g/mol. The van der Waals surface area contributed by atoms with E-state index in [1.807, 2.05) is 0 Å². The monoisotopic (exact) mass is 108 g/mol. The Balaban J connectivity index is 2.83. The summed E-state index contributed by atoms with van der Waals surface area (Å²) < 4.78 is 0. The van der Waals surface area contributed by atoms with Crippen LogP contribution in [0.3, 0.4) is 0 Å². The van der Waals surface area contributed by atoms with Crippen LogP contribution in [0.25, 0.3) is 0 Å². The Morgan fingerprint density at radius 3 is 2.75 bits per heavy atom. The molecular formula is C6H8N2. The van der Waals surface area contributed by atoms with Gasteiger partial charge in [-0.1, -0.05) is 6.92 Å². The number of hydrogen-bond donors (Lipinski definition) is 0. The third-order valence-corrected chi connectivity index (χ3v) is 0.979. The zero-order chi connectivity index (χ0) is 5.82. The Labute approximate surface area is 48.6 Å². The van der Waals surface area contributed by atoms with Crippen LogP contribution in [0, 0.1) is 0 Å². The molecule has 0 aliphatic rings. The van der Waals surface area contributed by atoms with E-state index in [1.54, 1.807) is 18.6 Å². The fourth-order valence-electron chi connectivity index (χ4n) is 0.513. The largest absolute Gasteiger partial charge is 0.261 e. The van der Waals surface area contributed by atoms with E-state index in [9.17, 15) is 0 Å². The van der Waals surface area contributed by atoms with E-state index in [4.69, 9.17) is 0 Å². The second-order valence-electron chi connectivity index (χ2n) is 1.55. The van der Waals surface area contributed by atoms with Gasteiger partial charge >= 0.3 is 0 Å². The second kappa shape index (κ2) is 2.40. The van der Waals surface area contributed by atoms with Crippen molar-refractivity contribution < 1.29 is 0 Å². The van der Waals surface area contributed by atoms with E-state index >= 15 is 0 Å². The van der Waals surface area contributed by atoms with Crippen molar-refractivity contribution in [2.75, 3.05) is 0 Å². The summed E-state index contributed by atoms with van der Waals surface area (Å²) in [5.41, 5.74) is 1.05. The van der Waals surface area contributed by atoms with Crippen LogP contribution in [0.2, 0.25) is 0 Å². The smallest absolute Gasteiger partial charge is 0.0583 e. The Morgan fingerprint density at radius 2 is 2.38 bits per heavy atom. The SMILES string of the molecule is CCc1cnccn1. The van der Waals surface area contributed by atoms with Crippen LogP contribution >= 0.6 is 0 Å². The third-order valence-electron chi connectivity index (χ3n) is 0.979. The lowest BCUT2D eigenvalue weighted by molar-refractivity contribution is 1.000. The van der Waals surface area contributed by atoms with Gasteiger partial charge in [0, 0.05) is 18.6 Å². The van der Waals surface area contributed by atoms with Crippen LogP contribution in [-0.4, -0.2) is 9.97 Å². The van der Waals surface area contributed by atoms with Gasteiger partial charge in [-0.3, -0.25) is 9.97 Å². The molecule has 1 aromatic rings. The van der Waals surface area contributed by atoms with Crippen molar-refractivity contribution in [2.45, 2.75) is 13.3 Å². The van der Waals surface area contributed by atoms with Crippen LogP contribution in [0.5, 0.6) is 0 Å². The lowest BCUT2D eigenvalue weighted by atomic mass is 10.4. The maximum atomic E-state index is 4.03. The van der Waals surface area contributed by atoms with Gasteiger partial charge in [-0.05, 0) is 6.42 Å². The number of aryl methyl sites for hydroxylation is 1. The minimum absolute atomic E-state index is 0.966. The molecule has 42 valence electrons. The van der Waals surface area contributed by atoms with Crippen LogP contribution in [0.1, 0.15) is 12.6 Å². The van der Waals surface area contributed by atoms with Crippen molar-refractivity contribution in [3.8, 4) is 0 Å². The molecule has 0 spiro atoms. The van der Waals surface area contributed by atoms with E-state index in [1.165, 1.54) is 0 Å². The van der Waals surface area contributed by atoms with Crippen LogP contribution in [0.15, 0.2) is 18.6 Å². The van der Waals surface area contributed by atoms with E-state index in [-0.39, 0.29) is 0 Å². The van der Waals surface area contributed by atoms with Gasteiger partial charge in [0.15, 0.2) is 0 Å². The Morgan fingerprint density at radius 1 is 1.50 bits per heavy atom. The van der Waals surface area contributed by atoms with Crippen LogP contribution in [-0.2, 0) is 6.42 Å². The fraction of sp³-hybridized carbons (Fsp3) is 0.333. The first-order valence-corrected chi connectivity index (χ1v) is 2.68. The average molecular weight is 108 g/mol. The molecule has 1 aromatic heterocycles. The Bertz CT molecular complexity index is 148. The first-order valence-electron chi connectivity index (χ1n) is 2.68. The topological polar surface area (TPSA) is 25.8 Å². The molecule has 0 aliphatic heterocycles. The molecule has 2 nitrogen and oxygen atoms in total. The first kappa shape index (κ1) is 5.22. The highest BCUT2D eigenvalue weighted by Crippen LogP contribution is 1.87. The summed E-state index contributed by atoms with van der Waals surface area (Å²) in [6.07, 6.45) is 6.13. The molecule has 0 saturated heterocycles. The zero-order valence-electron chi connectivity index (χ0n) is 4.83. The third kappa shape index (κ3) is 1.03. The summed E-state index contributed by atoms with van der Waals surface area (Å²) in [4.78, 5) is 7.93. The highest BCUT2D eigenvalue weighted by Gasteiger charge is 1.82. The summed E-state index contributed by atoms with van der Waals surface area (Å²) >= 11 is 0. The van der Waals surface area contributed by atoms with Gasteiger partial charge in [0.2, 0.25) is 0 Å². The van der Waals surface area contributed by atoms with E-state index in [2.05, 4.69) is 16.9 Å². The van der Waals surface area contributed by atoms with E-state index < -0.39 is 0 Å². The standard InChI is InChI=1S/C6H8N2/c1-2-6-5-7-3-4-8-6/h3-5H,2H2,1H3. The lowest BCUT2D eigenvalue weighted by Gasteiger charge is -1.88. The molecule has 1 rings (SSSR count). The molecule has 0 saturated carbocycles. The highest BCUT2D eigenvalue weighted by molar-refractivity contribution is 4.92. The molecule has 0 atom stereocenters. The maximum absolute atomic E-state index is 4.03. The summed E-state index contributed by atoms with van der Waals surface area (Å²) in [6, 6.07) is 0. The van der Waals surface area contributed by atoms with Crippen molar-refractivity contribution in [2.24, 2.45) is 0 Å². The molecule has 0 bridgehead atoms. The average Bonchev–Trinajstić information content (AvgIpc) is 1.90. The predicted octanol–water partition coefficient (Wildman–Crippen LogP) is 1.04. The molecule has 0 N–H and O–H groups in total. The van der Waals surface area contributed by atoms with Gasteiger partial charge in [0.25, 0.3) is 0 Å². The van der Waals surface area contributed by atoms with Gasteiger partial charge in [0.05, 0.1) is 5.69 Å². The van der Waals surface area contributed by atoms with E-state index in [0.717, 1.165) is 12.1 Å². The minimum atomic E-state index is 0.966. The number of nitrogens with zero attached hydrogens (tertiary/aromatic N) is 2. The van der Waals surface area contributed by atoms with Crippen LogP contribution in [0.4, 0.5) is 0 Å². The second-order valence-corrected chi connectivity index (χ2v) is 1.55. The van der Waals surface area contributed by atoms with Gasteiger partial charge in [-0.15, -0.1) is 0 Å². The molecule has 0 radical (unpaired) electrons. The summed E-state index contributed by atoms with van der Waals surface area (Å²) in [5, 5.41) is 0. The molecule has 0 fully saturated rings. The highest BCUT2D eigenvalue weighted by atomic mass is 14.8. The molecule has 0 aromatic carbocycles. The summed E-state index contributed by atoms with van der Waals surface area (Å²) in [6.45, 7) is 2.06. The number of hydrogen-bond acceptors (Lipinski definition) is 2. The Hall–Kier alpha value is -0.920. The van der Waals surface area contributed by atoms with Crippen molar-refractivity contribution in [3.63, 3.8) is 0 Å². The molecule has 8 heavy (non-hydrogen) atoms. The minimum Gasteiger partial charge on any atom is -0.261 e. The van der Waals surface area contributed by atoms with Gasteiger partial charge in [-0.25, -0.2) is 0 Å². The summed E-state index contributed by atoms with van der Waals surface area (Å²) in [7, 11) is 0. The predicted molar refractivity (Wildman–Crippen MR) is 31.4 cm³/mol. The molecule has 0 amide bonds. The first-order chi connectivity index (χ1) is 3.93. The summed E-state index contributed by atoms with van der Waals surface area (Å²) in [5.74, 6) is 0. The van der Waals surface area contributed by atoms with E-state index in [0.29, 0.717) is 0 Å². The quantitative estimate of drug-likeness (QED) is 0.537. The molecule has 0 unspecified atom stereocenters. The maximum Gasteiger partial charge on any atom is 0.0583 e. The number of rotatable bonds is 1. The van der Waals surface area contributed by atoms with Gasteiger partial charge in [-0.2, -0.15) is 0 Å². The number of aromatic nitrogens is 2. The molecule has 0 aliphatic carbocycles. The normalized spacial score (nSPS) is 9.12.